The van der Waals surface area contributed by atoms with Crippen molar-refractivity contribution in [2.45, 2.75) is 6.92 Å². The molecule has 2 rings (SSSR count). The summed E-state index contributed by atoms with van der Waals surface area (Å²) in [7, 11) is 1.28. The van der Waals surface area contributed by atoms with Gasteiger partial charge < -0.3 is 9.47 Å². The van der Waals surface area contributed by atoms with Crippen molar-refractivity contribution in [3.63, 3.8) is 0 Å². The van der Waals surface area contributed by atoms with Crippen LogP contribution in [0.4, 0.5) is 21.0 Å². The number of para-hydroxylation sites is 1. The van der Waals surface area contributed by atoms with E-state index in [-0.39, 0.29) is 0 Å². The van der Waals surface area contributed by atoms with E-state index in [2.05, 4.69) is 15.4 Å². The van der Waals surface area contributed by atoms with Gasteiger partial charge in [-0.15, -0.1) is 0 Å². The van der Waals surface area contributed by atoms with Crippen LogP contribution in [0.5, 0.6) is 5.75 Å². The molecule has 2 aromatic carbocycles. The standard InChI is InChI=1S/C16H16N2O4/c1-11-5-3-4-6-14(11)18-16(20)22-13-9-7-12(8-10-13)17-15(19)21-2/h3-10H,1-2H3,(H,17,19)(H,18,20). The van der Waals surface area contributed by atoms with Gasteiger partial charge in [0, 0.05) is 11.4 Å². The summed E-state index contributed by atoms with van der Waals surface area (Å²) in [4.78, 5) is 22.9. The van der Waals surface area contributed by atoms with Crippen LogP contribution >= 0.6 is 0 Å². The topological polar surface area (TPSA) is 76.7 Å². The fraction of sp³-hybridized carbons (Fsp3) is 0.125. The first-order valence-corrected chi connectivity index (χ1v) is 6.58. The second-order valence-corrected chi connectivity index (χ2v) is 4.47. The van der Waals surface area contributed by atoms with Gasteiger partial charge in [0.15, 0.2) is 0 Å². The molecule has 0 atom stereocenters. The number of benzene rings is 2. The van der Waals surface area contributed by atoms with Gasteiger partial charge in [-0.1, -0.05) is 18.2 Å². The van der Waals surface area contributed by atoms with Crippen LogP contribution in [0, 0.1) is 6.92 Å². The van der Waals surface area contributed by atoms with E-state index in [0.29, 0.717) is 17.1 Å². The summed E-state index contributed by atoms with van der Waals surface area (Å²) in [5, 5.41) is 5.17. The molecule has 0 saturated carbocycles. The molecular formula is C16H16N2O4. The number of carbonyl (C=O) groups excluding carboxylic acids is 2. The number of methoxy groups -OCH3 is 1. The largest absolute Gasteiger partial charge is 0.453 e. The van der Waals surface area contributed by atoms with E-state index >= 15 is 0 Å². The number of nitrogens with one attached hydrogen (secondary N) is 2. The molecule has 2 aromatic rings. The summed E-state index contributed by atoms with van der Waals surface area (Å²) in [6, 6.07) is 13.8. The lowest BCUT2D eigenvalue weighted by molar-refractivity contribution is 0.187. The Hall–Kier alpha value is -3.02. The molecule has 6 nitrogen and oxygen atoms in total. The second-order valence-electron chi connectivity index (χ2n) is 4.47. The van der Waals surface area contributed by atoms with Crippen molar-refractivity contribution in [3.8, 4) is 5.75 Å². The van der Waals surface area contributed by atoms with Crippen LogP contribution in [-0.4, -0.2) is 19.3 Å². The molecule has 0 aliphatic heterocycles. The number of carbonyl (C=O) groups is 2. The molecular weight excluding hydrogens is 284 g/mol. The zero-order chi connectivity index (χ0) is 15.9. The van der Waals surface area contributed by atoms with Crippen LogP contribution in [-0.2, 0) is 4.74 Å². The fourth-order valence-electron chi connectivity index (χ4n) is 1.73. The highest BCUT2D eigenvalue weighted by atomic mass is 16.6. The van der Waals surface area contributed by atoms with E-state index in [1.165, 1.54) is 7.11 Å². The Labute approximate surface area is 128 Å². The van der Waals surface area contributed by atoms with E-state index < -0.39 is 12.2 Å². The van der Waals surface area contributed by atoms with Crippen LogP contribution in [0.15, 0.2) is 48.5 Å². The Morgan fingerprint density at radius 1 is 0.909 bits per heavy atom. The van der Waals surface area contributed by atoms with Crippen molar-refractivity contribution in [1.82, 2.24) is 0 Å². The summed E-state index contributed by atoms with van der Waals surface area (Å²) in [6.45, 7) is 1.89. The molecule has 2 N–H and O–H groups in total. The quantitative estimate of drug-likeness (QED) is 0.904. The predicted octanol–water partition coefficient (Wildman–Crippen LogP) is 3.78. The van der Waals surface area contributed by atoms with Gasteiger partial charge >= 0.3 is 12.2 Å². The van der Waals surface area contributed by atoms with Crippen LogP contribution in [0.3, 0.4) is 0 Å². The van der Waals surface area contributed by atoms with Crippen LogP contribution in [0.2, 0.25) is 0 Å². The van der Waals surface area contributed by atoms with Crippen LogP contribution < -0.4 is 15.4 Å². The number of aryl methyl sites for hydroxylation is 1. The van der Waals surface area contributed by atoms with Gasteiger partial charge in [0.25, 0.3) is 0 Å². The second kappa shape index (κ2) is 7.12. The average Bonchev–Trinajstić information content (AvgIpc) is 2.51. The van der Waals surface area contributed by atoms with Gasteiger partial charge in [-0.05, 0) is 42.8 Å². The van der Waals surface area contributed by atoms with E-state index in [9.17, 15) is 9.59 Å². The van der Waals surface area contributed by atoms with Gasteiger partial charge in [0.2, 0.25) is 0 Å². The highest BCUT2D eigenvalue weighted by Gasteiger charge is 2.07. The zero-order valence-electron chi connectivity index (χ0n) is 12.3. The lowest BCUT2D eigenvalue weighted by atomic mass is 10.2. The molecule has 0 spiro atoms. The molecule has 0 bridgehead atoms. The Morgan fingerprint density at radius 2 is 1.59 bits per heavy atom. The predicted molar refractivity (Wildman–Crippen MR) is 83.3 cm³/mol. The van der Waals surface area contributed by atoms with E-state index in [0.717, 1.165) is 5.56 Å². The summed E-state index contributed by atoms with van der Waals surface area (Å²) in [6.07, 6.45) is -1.14. The first kappa shape index (κ1) is 15.4. The number of amides is 2. The maximum atomic E-state index is 11.8. The third kappa shape index (κ3) is 4.24. The summed E-state index contributed by atoms with van der Waals surface area (Å²) >= 11 is 0. The number of hydrogen-bond acceptors (Lipinski definition) is 4. The average molecular weight is 300 g/mol. The number of ether oxygens (including phenoxy) is 2. The highest BCUT2D eigenvalue weighted by Crippen LogP contribution is 2.18. The molecule has 0 fully saturated rings. The van der Waals surface area contributed by atoms with E-state index in [1.54, 1.807) is 30.3 Å². The smallest absolute Gasteiger partial charge is 0.417 e. The van der Waals surface area contributed by atoms with E-state index in [4.69, 9.17) is 4.74 Å². The molecule has 0 aliphatic rings. The fourth-order valence-corrected chi connectivity index (χ4v) is 1.73. The van der Waals surface area contributed by atoms with Gasteiger partial charge in [-0.2, -0.15) is 0 Å². The SMILES string of the molecule is COC(=O)Nc1ccc(OC(=O)Nc2ccccc2C)cc1. The lowest BCUT2D eigenvalue weighted by Gasteiger charge is -2.09. The number of rotatable bonds is 3. The first-order valence-electron chi connectivity index (χ1n) is 6.58. The molecule has 2 amide bonds. The zero-order valence-corrected chi connectivity index (χ0v) is 12.3. The minimum atomic E-state index is -0.581. The van der Waals surface area contributed by atoms with Crippen molar-refractivity contribution in [2.24, 2.45) is 0 Å². The van der Waals surface area contributed by atoms with Crippen molar-refractivity contribution in [2.75, 3.05) is 17.7 Å². The third-order valence-corrected chi connectivity index (χ3v) is 2.88. The third-order valence-electron chi connectivity index (χ3n) is 2.88. The summed E-state index contributed by atoms with van der Waals surface area (Å²) < 4.78 is 9.65. The molecule has 22 heavy (non-hydrogen) atoms. The normalized spacial score (nSPS) is 9.73. The number of anilines is 2. The molecule has 0 aromatic heterocycles. The Kier molecular flexibility index (Phi) is 4.98. The molecule has 0 unspecified atom stereocenters. The monoisotopic (exact) mass is 300 g/mol. The minimum absolute atomic E-state index is 0.363. The first-order chi connectivity index (χ1) is 10.6. The Morgan fingerprint density at radius 3 is 2.23 bits per heavy atom. The van der Waals surface area contributed by atoms with Crippen LogP contribution in [0.25, 0.3) is 0 Å². The van der Waals surface area contributed by atoms with Crippen LogP contribution in [0.1, 0.15) is 5.56 Å². The minimum Gasteiger partial charge on any atom is -0.453 e. The van der Waals surface area contributed by atoms with E-state index in [1.807, 2.05) is 25.1 Å². The van der Waals surface area contributed by atoms with Crippen molar-refractivity contribution in [3.05, 3.63) is 54.1 Å². The Bertz CT molecular complexity index is 668. The molecule has 0 saturated heterocycles. The van der Waals surface area contributed by atoms with Crippen molar-refractivity contribution in [1.29, 1.82) is 0 Å². The van der Waals surface area contributed by atoms with Gasteiger partial charge in [0.05, 0.1) is 7.11 Å². The number of hydrogen-bond donors (Lipinski definition) is 2. The van der Waals surface area contributed by atoms with Crippen molar-refractivity contribution < 1.29 is 19.1 Å². The molecule has 114 valence electrons. The maximum absolute atomic E-state index is 11.8. The molecule has 0 heterocycles. The summed E-state index contributed by atoms with van der Waals surface area (Å²) in [5.41, 5.74) is 2.17. The molecule has 0 radical (unpaired) electrons. The van der Waals surface area contributed by atoms with Gasteiger partial charge in [-0.3, -0.25) is 10.6 Å². The lowest BCUT2D eigenvalue weighted by Crippen LogP contribution is -2.17. The van der Waals surface area contributed by atoms with Gasteiger partial charge in [0.1, 0.15) is 5.75 Å². The molecule has 0 aliphatic carbocycles. The van der Waals surface area contributed by atoms with Crippen molar-refractivity contribution >= 4 is 23.6 Å². The molecule has 6 heteroatoms. The maximum Gasteiger partial charge on any atom is 0.417 e. The van der Waals surface area contributed by atoms with Gasteiger partial charge in [-0.25, -0.2) is 9.59 Å². The Balaban J connectivity index is 1.94. The summed E-state index contributed by atoms with van der Waals surface area (Å²) in [5.74, 6) is 0.363. The highest BCUT2D eigenvalue weighted by molar-refractivity contribution is 5.87.